The quantitative estimate of drug-likeness (QED) is 0.851. The molecule has 0 saturated carbocycles. The smallest absolute Gasteiger partial charge is 0.122 e. The molecule has 3 nitrogen and oxygen atoms in total. The molecule has 94 valence electrons. The summed E-state index contributed by atoms with van der Waals surface area (Å²) in [6.07, 6.45) is -0.0675. The molecule has 0 spiro atoms. The SMILES string of the molecule is Oc1cc2ccc(Br)cc2cc1C1CNCCO1. The van der Waals surface area contributed by atoms with Crippen molar-refractivity contribution in [1.82, 2.24) is 5.32 Å². The zero-order chi connectivity index (χ0) is 12.5. The standard InChI is InChI=1S/C14H14BrNO2/c15-11-2-1-9-7-13(17)12(6-10(9)5-11)14-8-16-3-4-18-14/h1-2,5-7,14,16-17H,3-4,8H2. The molecule has 1 unspecified atom stereocenters. The monoisotopic (exact) mass is 307 g/mol. The summed E-state index contributed by atoms with van der Waals surface area (Å²) in [5.74, 6) is 0.304. The molecule has 2 N–H and O–H groups in total. The van der Waals surface area contributed by atoms with Crippen molar-refractivity contribution in [3.8, 4) is 5.75 Å². The second kappa shape index (κ2) is 4.88. The summed E-state index contributed by atoms with van der Waals surface area (Å²) in [5.41, 5.74) is 0.854. The fourth-order valence-electron chi connectivity index (χ4n) is 2.30. The molecule has 3 rings (SSSR count). The van der Waals surface area contributed by atoms with Gasteiger partial charge in [-0.15, -0.1) is 0 Å². The first-order chi connectivity index (χ1) is 8.74. The van der Waals surface area contributed by atoms with E-state index in [9.17, 15) is 5.11 Å². The summed E-state index contributed by atoms with van der Waals surface area (Å²) in [5, 5.41) is 15.5. The number of ether oxygens (including phenoxy) is 1. The Hall–Kier alpha value is -1.10. The minimum absolute atomic E-state index is 0.0675. The maximum atomic E-state index is 10.1. The van der Waals surface area contributed by atoms with Crippen LogP contribution >= 0.6 is 15.9 Å². The first-order valence-corrected chi connectivity index (χ1v) is 6.78. The summed E-state index contributed by atoms with van der Waals surface area (Å²) in [7, 11) is 0. The number of fused-ring (bicyclic) bond motifs is 1. The van der Waals surface area contributed by atoms with Crippen molar-refractivity contribution in [1.29, 1.82) is 0 Å². The lowest BCUT2D eigenvalue weighted by Crippen LogP contribution is -2.33. The van der Waals surface area contributed by atoms with Crippen LogP contribution in [0.4, 0.5) is 0 Å². The van der Waals surface area contributed by atoms with Gasteiger partial charge < -0.3 is 15.2 Å². The Balaban J connectivity index is 2.07. The van der Waals surface area contributed by atoms with Crippen LogP contribution in [0.1, 0.15) is 11.7 Å². The van der Waals surface area contributed by atoms with E-state index in [1.165, 1.54) is 0 Å². The van der Waals surface area contributed by atoms with E-state index in [-0.39, 0.29) is 6.10 Å². The van der Waals surface area contributed by atoms with Gasteiger partial charge in [-0.05, 0) is 35.0 Å². The normalized spacial score (nSPS) is 20.2. The van der Waals surface area contributed by atoms with Gasteiger partial charge in [-0.1, -0.05) is 22.0 Å². The van der Waals surface area contributed by atoms with Gasteiger partial charge in [0.15, 0.2) is 0 Å². The highest BCUT2D eigenvalue weighted by molar-refractivity contribution is 9.10. The van der Waals surface area contributed by atoms with E-state index in [2.05, 4.69) is 27.3 Å². The van der Waals surface area contributed by atoms with Crippen LogP contribution < -0.4 is 5.32 Å². The molecule has 1 atom stereocenters. The first-order valence-electron chi connectivity index (χ1n) is 5.98. The third-order valence-corrected chi connectivity index (χ3v) is 3.72. The summed E-state index contributed by atoms with van der Waals surface area (Å²) in [6, 6.07) is 9.82. The van der Waals surface area contributed by atoms with Crippen molar-refractivity contribution in [2.45, 2.75) is 6.10 Å². The molecule has 1 saturated heterocycles. The van der Waals surface area contributed by atoms with Gasteiger partial charge in [-0.3, -0.25) is 0 Å². The highest BCUT2D eigenvalue weighted by Crippen LogP contribution is 2.33. The molecule has 0 amide bonds. The molecule has 18 heavy (non-hydrogen) atoms. The Morgan fingerprint density at radius 1 is 1.22 bits per heavy atom. The van der Waals surface area contributed by atoms with Crippen LogP contribution in [-0.4, -0.2) is 24.8 Å². The summed E-state index contributed by atoms with van der Waals surface area (Å²) in [4.78, 5) is 0. The molecule has 0 aliphatic carbocycles. The number of hydrogen-bond acceptors (Lipinski definition) is 3. The molecule has 1 aliphatic rings. The third-order valence-electron chi connectivity index (χ3n) is 3.22. The number of aromatic hydroxyl groups is 1. The van der Waals surface area contributed by atoms with Gasteiger partial charge in [0.1, 0.15) is 5.75 Å². The van der Waals surface area contributed by atoms with Crippen molar-refractivity contribution < 1.29 is 9.84 Å². The fourth-order valence-corrected chi connectivity index (χ4v) is 2.68. The van der Waals surface area contributed by atoms with Gasteiger partial charge in [-0.2, -0.15) is 0 Å². The molecule has 1 aliphatic heterocycles. The van der Waals surface area contributed by atoms with Crippen molar-refractivity contribution in [2.24, 2.45) is 0 Å². The van der Waals surface area contributed by atoms with Crippen LogP contribution in [0.2, 0.25) is 0 Å². The number of morpholine rings is 1. The third kappa shape index (κ3) is 2.23. The van der Waals surface area contributed by atoms with Gasteiger partial charge in [0.05, 0.1) is 12.7 Å². The average molecular weight is 308 g/mol. The summed E-state index contributed by atoms with van der Waals surface area (Å²) >= 11 is 3.47. The largest absolute Gasteiger partial charge is 0.508 e. The zero-order valence-corrected chi connectivity index (χ0v) is 11.4. The minimum atomic E-state index is -0.0675. The number of benzene rings is 2. The highest BCUT2D eigenvalue weighted by Gasteiger charge is 2.19. The van der Waals surface area contributed by atoms with Crippen LogP contribution in [0.15, 0.2) is 34.8 Å². The molecule has 1 heterocycles. The van der Waals surface area contributed by atoms with Crippen LogP contribution in [0.25, 0.3) is 10.8 Å². The van der Waals surface area contributed by atoms with Gasteiger partial charge in [0.2, 0.25) is 0 Å². The predicted molar refractivity (Wildman–Crippen MR) is 74.9 cm³/mol. The van der Waals surface area contributed by atoms with E-state index in [4.69, 9.17) is 4.74 Å². The zero-order valence-electron chi connectivity index (χ0n) is 9.82. The Labute approximate surface area is 114 Å². The Morgan fingerprint density at radius 2 is 2.11 bits per heavy atom. The molecule has 2 aromatic carbocycles. The van der Waals surface area contributed by atoms with Crippen LogP contribution in [-0.2, 0) is 4.74 Å². The molecule has 1 fully saturated rings. The van der Waals surface area contributed by atoms with E-state index in [1.54, 1.807) is 6.07 Å². The summed E-state index contributed by atoms with van der Waals surface area (Å²) < 4.78 is 6.73. The molecular weight excluding hydrogens is 294 g/mol. The van der Waals surface area contributed by atoms with Gasteiger partial charge in [0, 0.05) is 23.1 Å². The fraction of sp³-hybridized carbons (Fsp3) is 0.286. The highest BCUT2D eigenvalue weighted by atomic mass is 79.9. The topological polar surface area (TPSA) is 41.5 Å². The van der Waals surface area contributed by atoms with Gasteiger partial charge in [-0.25, -0.2) is 0 Å². The van der Waals surface area contributed by atoms with Crippen LogP contribution in [0.5, 0.6) is 5.75 Å². The van der Waals surface area contributed by atoms with Crippen molar-refractivity contribution in [3.63, 3.8) is 0 Å². The van der Waals surface area contributed by atoms with E-state index >= 15 is 0 Å². The van der Waals surface area contributed by atoms with Crippen molar-refractivity contribution in [3.05, 3.63) is 40.4 Å². The Bertz CT molecular complexity index is 579. The lowest BCUT2D eigenvalue weighted by molar-refractivity contribution is 0.0264. The van der Waals surface area contributed by atoms with E-state index in [0.29, 0.717) is 12.4 Å². The van der Waals surface area contributed by atoms with Gasteiger partial charge in [0.25, 0.3) is 0 Å². The van der Waals surface area contributed by atoms with Gasteiger partial charge >= 0.3 is 0 Å². The first kappa shape index (κ1) is 12.0. The minimum Gasteiger partial charge on any atom is -0.508 e. The Morgan fingerprint density at radius 3 is 2.89 bits per heavy atom. The second-order valence-corrected chi connectivity index (χ2v) is 5.38. The lowest BCUT2D eigenvalue weighted by atomic mass is 10.0. The van der Waals surface area contributed by atoms with E-state index < -0.39 is 0 Å². The number of nitrogens with one attached hydrogen (secondary N) is 1. The van der Waals surface area contributed by atoms with Crippen molar-refractivity contribution >= 4 is 26.7 Å². The second-order valence-electron chi connectivity index (χ2n) is 4.47. The number of phenolic OH excluding ortho intramolecular Hbond substituents is 1. The van der Waals surface area contributed by atoms with Crippen LogP contribution in [0, 0.1) is 0 Å². The number of rotatable bonds is 1. The molecule has 2 aromatic rings. The molecule has 0 radical (unpaired) electrons. The maximum Gasteiger partial charge on any atom is 0.122 e. The number of hydrogen-bond donors (Lipinski definition) is 2. The van der Waals surface area contributed by atoms with Crippen molar-refractivity contribution in [2.75, 3.05) is 19.7 Å². The van der Waals surface area contributed by atoms with E-state index in [1.807, 2.05) is 18.2 Å². The Kier molecular flexibility index (Phi) is 3.24. The lowest BCUT2D eigenvalue weighted by Gasteiger charge is -2.24. The van der Waals surface area contributed by atoms with E-state index in [0.717, 1.165) is 33.9 Å². The molecular formula is C14H14BrNO2. The maximum absolute atomic E-state index is 10.1. The average Bonchev–Trinajstić information content (AvgIpc) is 2.39. The summed E-state index contributed by atoms with van der Waals surface area (Å²) in [6.45, 7) is 2.30. The van der Waals surface area contributed by atoms with Crippen LogP contribution in [0.3, 0.4) is 0 Å². The number of phenols is 1. The molecule has 0 bridgehead atoms. The molecule has 4 heteroatoms. The number of halogens is 1. The predicted octanol–water partition coefficient (Wildman–Crippen LogP) is 2.97. The molecule has 0 aromatic heterocycles.